The van der Waals surface area contributed by atoms with E-state index < -0.39 is 0 Å². The monoisotopic (exact) mass is 320 g/mol. The Kier molecular flexibility index (Phi) is 5.81. The maximum Gasteiger partial charge on any atom is 0.337 e. The van der Waals surface area contributed by atoms with Gasteiger partial charge in [-0.25, -0.2) is 9.59 Å². The molecule has 23 heavy (non-hydrogen) atoms. The van der Waals surface area contributed by atoms with Gasteiger partial charge in [-0.3, -0.25) is 0 Å². The molecule has 0 radical (unpaired) electrons. The minimum absolute atomic E-state index is 0.256. The standard InChI is InChI=1S/C16H24N4O3/c1-4-17-16(22)18-13-6-5-12(15(21)23-3)11-14(13)20-9-7-19(2)8-10-20/h5-6,11H,4,7-10H2,1-3H3,(H2,17,18,22). The van der Waals surface area contributed by atoms with Gasteiger partial charge in [0, 0.05) is 32.7 Å². The molecule has 0 unspecified atom stereocenters. The second kappa shape index (κ2) is 7.82. The van der Waals surface area contributed by atoms with E-state index in [0.717, 1.165) is 31.9 Å². The number of likely N-dealkylation sites (N-methyl/N-ethyl adjacent to an activating group) is 1. The van der Waals surface area contributed by atoms with Gasteiger partial charge in [0.05, 0.1) is 24.0 Å². The Morgan fingerprint density at radius 3 is 2.52 bits per heavy atom. The Morgan fingerprint density at radius 2 is 1.91 bits per heavy atom. The number of esters is 1. The minimum Gasteiger partial charge on any atom is -0.465 e. The fraction of sp³-hybridized carbons (Fsp3) is 0.500. The number of rotatable bonds is 4. The number of nitrogens with one attached hydrogen (secondary N) is 2. The van der Waals surface area contributed by atoms with Crippen LogP contribution in [0.4, 0.5) is 16.2 Å². The van der Waals surface area contributed by atoms with Crippen molar-refractivity contribution in [2.24, 2.45) is 0 Å². The van der Waals surface area contributed by atoms with Gasteiger partial charge in [-0.2, -0.15) is 0 Å². The Bertz CT molecular complexity index is 568. The summed E-state index contributed by atoms with van der Waals surface area (Å²) in [5.41, 5.74) is 2.00. The van der Waals surface area contributed by atoms with Crippen molar-refractivity contribution >= 4 is 23.4 Å². The molecule has 1 aliphatic heterocycles. The van der Waals surface area contributed by atoms with Crippen LogP contribution in [0.15, 0.2) is 18.2 Å². The maximum atomic E-state index is 11.8. The number of methoxy groups -OCH3 is 1. The van der Waals surface area contributed by atoms with E-state index in [-0.39, 0.29) is 12.0 Å². The number of hydrogen-bond donors (Lipinski definition) is 2. The molecule has 126 valence electrons. The average Bonchev–Trinajstić information content (AvgIpc) is 2.55. The van der Waals surface area contributed by atoms with E-state index in [1.165, 1.54) is 7.11 Å². The van der Waals surface area contributed by atoms with E-state index in [0.29, 0.717) is 17.8 Å². The first kappa shape index (κ1) is 17.1. The zero-order valence-corrected chi connectivity index (χ0v) is 13.9. The zero-order valence-electron chi connectivity index (χ0n) is 13.9. The Balaban J connectivity index is 2.29. The molecule has 0 bridgehead atoms. The van der Waals surface area contributed by atoms with Crippen LogP contribution in [0.25, 0.3) is 0 Å². The molecule has 0 aliphatic carbocycles. The third-order valence-electron chi connectivity index (χ3n) is 3.85. The number of piperazine rings is 1. The first-order valence-electron chi connectivity index (χ1n) is 7.76. The number of urea groups is 1. The summed E-state index contributed by atoms with van der Waals surface area (Å²) < 4.78 is 4.79. The first-order valence-corrected chi connectivity index (χ1v) is 7.76. The van der Waals surface area contributed by atoms with E-state index in [1.54, 1.807) is 18.2 Å². The van der Waals surface area contributed by atoms with Crippen molar-refractivity contribution in [3.05, 3.63) is 23.8 Å². The summed E-state index contributed by atoms with van der Waals surface area (Å²) in [7, 11) is 3.44. The van der Waals surface area contributed by atoms with Crippen LogP contribution in [-0.4, -0.2) is 63.8 Å². The topological polar surface area (TPSA) is 73.9 Å². The Labute approximate surface area is 136 Å². The SMILES string of the molecule is CCNC(=O)Nc1ccc(C(=O)OC)cc1N1CCN(C)CC1. The summed E-state index contributed by atoms with van der Waals surface area (Å²) in [5, 5.41) is 5.56. The molecule has 2 N–H and O–H groups in total. The highest BCUT2D eigenvalue weighted by atomic mass is 16.5. The summed E-state index contributed by atoms with van der Waals surface area (Å²) in [4.78, 5) is 28.0. The van der Waals surface area contributed by atoms with Gasteiger partial charge in [-0.1, -0.05) is 0 Å². The third kappa shape index (κ3) is 4.35. The Hall–Kier alpha value is -2.28. The molecule has 0 aromatic heterocycles. The molecule has 1 fully saturated rings. The van der Waals surface area contributed by atoms with Gasteiger partial charge >= 0.3 is 12.0 Å². The molecule has 0 spiro atoms. The van der Waals surface area contributed by atoms with Gasteiger partial charge in [-0.05, 0) is 32.2 Å². The lowest BCUT2D eigenvalue weighted by Gasteiger charge is -2.35. The molecule has 1 heterocycles. The minimum atomic E-state index is -0.384. The van der Waals surface area contributed by atoms with E-state index in [2.05, 4.69) is 27.5 Å². The van der Waals surface area contributed by atoms with Crippen LogP contribution in [0.5, 0.6) is 0 Å². The van der Waals surface area contributed by atoms with Crippen molar-refractivity contribution in [2.45, 2.75) is 6.92 Å². The molecule has 0 saturated carbocycles. The highest BCUT2D eigenvalue weighted by molar-refractivity contribution is 5.97. The summed E-state index contributed by atoms with van der Waals surface area (Å²) in [6, 6.07) is 4.93. The number of amides is 2. The van der Waals surface area contributed by atoms with Crippen molar-refractivity contribution in [2.75, 3.05) is 57.1 Å². The number of ether oxygens (including phenoxy) is 1. The molecule has 1 aliphatic rings. The van der Waals surface area contributed by atoms with Crippen molar-refractivity contribution in [3.63, 3.8) is 0 Å². The number of nitrogens with zero attached hydrogens (tertiary/aromatic N) is 2. The van der Waals surface area contributed by atoms with Crippen LogP contribution < -0.4 is 15.5 Å². The van der Waals surface area contributed by atoms with Crippen LogP contribution in [0, 0.1) is 0 Å². The molecule has 1 saturated heterocycles. The molecule has 0 atom stereocenters. The molecule has 7 nitrogen and oxygen atoms in total. The highest BCUT2D eigenvalue weighted by Gasteiger charge is 2.20. The van der Waals surface area contributed by atoms with E-state index in [4.69, 9.17) is 4.74 Å². The second-order valence-electron chi connectivity index (χ2n) is 5.50. The average molecular weight is 320 g/mol. The molecular weight excluding hydrogens is 296 g/mol. The lowest BCUT2D eigenvalue weighted by Crippen LogP contribution is -2.45. The quantitative estimate of drug-likeness (QED) is 0.820. The zero-order chi connectivity index (χ0) is 16.8. The molecule has 1 aromatic rings. The fourth-order valence-corrected chi connectivity index (χ4v) is 2.52. The highest BCUT2D eigenvalue weighted by Crippen LogP contribution is 2.28. The molecular formula is C16H24N4O3. The van der Waals surface area contributed by atoms with Crippen molar-refractivity contribution in [3.8, 4) is 0 Å². The van der Waals surface area contributed by atoms with Gasteiger partial charge < -0.3 is 25.2 Å². The lowest BCUT2D eigenvalue weighted by atomic mass is 10.1. The van der Waals surface area contributed by atoms with Crippen LogP contribution in [0.3, 0.4) is 0 Å². The first-order chi connectivity index (χ1) is 11.0. The van der Waals surface area contributed by atoms with Gasteiger partial charge in [0.2, 0.25) is 0 Å². The van der Waals surface area contributed by atoms with Gasteiger partial charge in [0.25, 0.3) is 0 Å². The predicted octanol–water partition coefficient (Wildman–Crippen LogP) is 1.37. The predicted molar refractivity (Wildman–Crippen MR) is 90.2 cm³/mol. The summed E-state index contributed by atoms with van der Waals surface area (Å²) >= 11 is 0. The third-order valence-corrected chi connectivity index (χ3v) is 3.85. The molecule has 2 amide bonds. The van der Waals surface area contributed by atoms with Crippen molar-refractivity contribution in [1.82, 2.24) is 10.2 Å². The van der Waals surface area contributed by atoms with Crippen LogP contribution in [0.2, 0.25) is 0 Å². The summed E-state index contributed by atoms with van der Waals surface area (Å²) in [6.07, 6.45) is 0. The van der Waals surface area contributed by atoms with Gasteiger partial charge in [0.1, 0.15) is 0 Å². The lowest BCUT2D eigenvalue weighted by molar-refractivity contribution is 0.0601. The van der Waals surface area contributed by atoms with Gasteiger partial charge in [-0.15, -0.1) is 0 Å². The smallest absolute Gasteiger partial charge is 0.337 e. The van der Waals surface area contributed by atoms with Crippen LogP contribution in [0.1, 0.15) is 17.3 Å². The Morgan fingerprint density at radius 1 is 1.22 bits per heavy atom. The van der Waals surface area contributed by atoms with Crippen LogP contribution in [-0.2, 0) is 4.74 Å². The molecule has 1 aromatic carbocycles. The van der Waals surface area contributed by atoms with Crippen molar-refractivity contribution < 1.29 is 14.3 Å². The summed E-state index contributed by atoms with van der Waals surface area (Å²) in [5.74, 6) is -0.384. The normalized spacial score (nSPS) is 15.2. The summed E-state index contributed by atoms with van der Waals surface area (Å²) in [6.45, 7) is 5.96. The van der Waals surface area contributed by atoms with E-state index in [9.17, 15) is 9.59 Å². The number of anilines is 2. The molecule has 7 heteroatoms. The number of carbonyl (C=O) groups is 2. The van der Waals surface area contributed by atoms with E-state index in [1.807, 2.05) is 6.92 Å². The number of hydrogen-bond acceptors (Lipinski definition) is 5. The maximum absolute atomic E-state index is 11.8. The second-order valence-corrected chi connectivity index (χ2v) is 5.50. The van der Waals surface area contributed by atoms with E-state index >= 15 is 0 Å². The van der Waals surface area contributed by atoms with Crippen LogP contribution >= 0.6 is 0 Å². The fourth-order valence-electron chi connectivity index (χ4n) is 2.52. The number of benzene rings is 1. The number of carbonyl (C=O) groups excluding carboxylic acids is 2. The molecule has 2 rings (SSSR count). The largest absolute Gasteiger partial charge is 0.465 e. The van der Waals surface area contributed by atoms with Gasteiger partial charge in [0.15, 0.2) is 0 Å². The van der Waals surface area contributed by atoms with Crippen molar-refractivity contribution in [1.29, 1.82) is 0 Å².